The Labute approximate surface area is 103 Å². The van der Waals surface area contributed by atoms with Crippen LogP contribution in [0.1, 0.15) is 17.3 Å². The van der Waals surface area contributed by atoms with Crippen molar-refractivity contribution in [3.05, 3.63) is 34.2 Å². The summed E-state index contributed by atoms with van der Waals surface area (Å²) in [7, 11) is 1.65. The fourth-order valence-electron chi connectivity index (χ4n) is 1.11. The standard InChI is InChI=1S/C11H15BrN2O2/c1-8(6-12)7-13-11(16)9-3-4-14(2)10(15)5-9/h3-5,8H,6-7H2,1-2H3,(H,13,16). The van der Waals surface area contributed by atoms with Gasteiger partial charge in [-0.2, -0.15) is 0 Å². The molecule has 0 aliphatic carbocycles. The minimum atomic E-state index is -0.203. The molecule has 1 amide bonds. The number of carbonyl (C=O) groups excluding carboxylic acids is 1. The number of rotatable bonds is 4. The first-order valence-electron chi connectivity index (χ1n) is 5.05. The molecule has 0 aromatic carbocycles. The zero-order valence-electron chi connectivity index (χ0n) is 9.37. The SMILES string of the molecule is CC(CBr)CNC(=O)c1ccn(C)c(=O)c1. The number of hydrogen-bond acceptors (Lipinski definition) is 2. The van der Waals surface area contributed by atoms with E-state index in [4.69, 9.17) is 0 Å². The molecule has 1 aromatic rings. The van der Waals surface area contributed by atoms with Crippen LogP contribution in [-0.2, 0) is 7.05 Å². The van der Waals surface area contributed by atoms with Crippen LogP contribution in [0, 0.1) is 5.92 Å². The van der Waals surface area contributed by atoms with Crippen molar-refractivity contribution in [1.29, 1.82) is 0 Å². The first-order chi connectivity index (χ1) is 7.54. The number of aryl methyl sites for hydroxylation is 1. The maximum Gasteiger partial charge on any atom is 0.251 e. The summed E-state index contributed by atoms with van der Waals surface area (Å²) in [6.45, 7) is 2.62. The summed E-state index contributed by atoms with van der Waals surface area (Å²) in [6.07, 6.45) is 1.59. The van der Waals surface area contributed by atoms with Crippen LogP contribution in [0.15, 0.2) is 23.1 Å². The lowest BCUT2D eigenvalue weighted by Crippen LogP contribution is -2.30. The van der Waals surface area contributed by atoms with Gasteiger partial charge in [-0.1, -0.05) is 22.9 Å². The van der Waals surface area contributed by atoms with Crippen LogP contribution in [-0.4, -0.2) is 22.3 Å². The lowest BCUT2D eigenvalue weighted by atomic mass is 10.2. The monoisotopic (exact) mass is 286 g/mol. The average Bonchev–Trinajstić information content (AvgIpc) is 2.29. The summed E-state index contributed by atoms with van der Waals surface area (Å²) in [5, 5.41) is 3.62. The van der Waals surface area contributed by atoms with Gasteiger partial charge in [0.1, 0.15) is 0 Å². The fraction of sp³-hybridized carbons (Fsp3) is 0.455. The number of alkyl halides is 1. The minimum Gasteiger partial charge on any atom is -0.352 e. The largest absolute Gasteiger partial charge is 0.352 e. The highest BCUT2D eigenvalue weighted by Crippen LogP contribution is 1.99. The highest BCUT2D eigenvalue weighted by atomic mass is 79.9. The van der Waals surface area contributed by atoms with E-state index in [1.165, 1.54) is 10.6 Å². The number of carbonyl (C=O) groups is 1. The van der Waals surface area contributed by atoms with Crippen LogP contribution < -0.4 is 10.9 Å². The lowest BCUT2D eigenvalue weighted by molar-refractivity contribution is 0.0949. The zero-order valence-corrected chi connectivity index (χ0v) is 11.0. The van der Waals surface area contributed by atoms with Crippen molar-refractivity contribution in [3.63, 3.8) is 0 Å². The molecule has 1 aromatic heterocycles. The van der Waals surface area contributed by atoms with Gasteiger partial charge in [0.15, 0.2) is 0 Å². The van der Waals surface area contributed by atoms with Gasteiger partial charge in [-0.25, -0.2) is 0 Å². The van der Waals surface area contributed by atoms with E-state index in [2.05, 4.69) is 21.2 Å². The Balaban J connectivity index is 2.67. The zero-order chi connectivity index (χ0) is 12.1. The Morgan fingerprint density at radius 2 is 2.31 bits per heavy atom. The molecule has 1 atom stereocenters. The maximum absolute atomic E-state index is 11.7. The average molecular weight is 287 g/mol. The number of aromatic nitrogens is 1. The molecule has 1 heterocycles. The molecule has 0 radical (unpaired) electrons. The van der Waals surface area contributed by atoms with E-state index in [1.54, 1.807) is 19.3 Å². The second kappa shape index (κ2) is 5.84. The van der Waals surface area contributed by atoms with Gasteiger partial charge in [0.05, 0.1) is 0 Å². The van der Waals surface area contributed by atoms with Crippen molar-refractivity contribution in [2.45, 2.75) is 6.92 Å². The number of halogens is 1. The molecule has 0 aliphatic rings. The number of nitrogens with zero attached hydrogens (tertiary/aromatic N) is 1. The number of nitrogens with one attached hydrogen (secondary N) is 1. The van der Waals surface area contributed by atoms with Crippen LogP contribution in [0.5, 0.6) is 0 Å². The van der Waals surface area contributed by atoms with Gasteiger partial charge >= 0.3 is 0 Å². The Hall–Kier alpha value is -1.10. The normalized spacial score (nSPS) is 12.2. The molecule has 0 spiro atoms. The van der Waals surface area contributed by atoms with E-state index in [0.29, 0.717) is 18.0 Å². The Morgan fingerprint density at radius 1 is 1.62 bits per heavy atom. The molecule has 0 saturated heterocycles. The van der Waals surface area contributed by atoms with E-state index in [-0.39, 0.29) is 11.5 Å². The molecular weight excluding hydrogens is 272 g/mol. The van der Waals surface area contributed by atoms with Crippen LogP contribution in [0.3, 0.4) is 0 Å². The molecule has 88 valence electrons. The van der Waals surface area contributed by atoms with Gasteiger partial charge in [0.25, 0.3) is 11.5 Å². The molecule has 4 nitrogen and oxygen atoms in total. The van der Waals surface area contributed by atoms with Crippen molar-refractivity contribution in [2.75, 3.05) is 11.9 Å². The maximum atomic E-state index is 11.7. The van der Waals surface area contributed by atoms with Gasteiger partial charge in [0.2, 0.25) is 0 Å². The molecular formula is C11H15BrN2O2. The first kappa shape index (κ1) is 13.0. The molecule has 1 rings (SSSR count). The first-order valence-corrected chi connectivity index (χ1v) is 6.17. The van der Waals surface area contributed by atoms with Crippen molar-refractivity contribution in [3.8, 4) is 0 Å². The Morgan fingerprint density at radius 3 is 2.88 bits per heavy atom. The molecule has 1 unspecified atom stereocenters. The van der Waals surface area contributed by atoms with E-state index >= 15 is 0 Å². The van der Waals surface area contributed by atoms with Crippen LogP contribution in [0.25, 0.3) is 0 Å². The summed E-state index contributed by atoms with van der Waals surface area (Å²) in [5.74, 6) is 0.168. The Bertz CT molecular complexity index is 428. The summed E-state index contributed by atoms with van der Waals surface area (Å²) < 4.78 is 1.43. The van der Waals surface area contributed by atoms with E-state index in [0.717, 1.165) is 5.33 Å². The quantitative estimate of drug-likeness (QED) is 0.844. The van der Waals surface area contributed by atoms with Crippen molar-refractivity contribution in [2.24, 2.45) is 13.0 Å². The third kappa shape index (κ3) is 3.48. The molecule has 0 bridgehead atoms. The van der Waals surface area contributed by atoms with Crippen molar-refractivity contribution in [1.82, 2.24) is 9.88 Å². The number of hydrogen-bond donors (Lipinski definition) is 1. The third-order valence-electron chi connectivity index (χ3n) is 2.24. The predicted octanol–water partition coefficient (Wildman–Crippen LogP) is 1.15. The van der Waals surface area contributed by atoms with Gasteiger partial charge in [0, 0.05) is 36.7 Å². The summed E-state index contributed by atoms with van der Waals surface area (Å²) in [4.78, 5) is 23.0. The van der Waals surface area contributed by atoms with Crippen LogP contribution in [0.4, 0.5) is 0 Å². The summed E-state index contributed by atoms with van der Waals surface area (Å²) >= 11 is 3.34. The van der Waals surface area contributed by atoms with Gasteiger partial charge in [-0.05, 0) is 12.0 Å². The highest BCUT2D eigenvalue weighted by molar-refractivity contribution is 9.09. The van der Waals surface area contributed by atoms with E-state index in [9.17, 15) is 9.59 Å². The lowest BCUT2D eigenvalue weighted by Gasteiger charge is -2.09. The topological polar surface area (TPSA) is 51.1 Å². The van der Waals surface area contributed by atoms with Crippen LogP contribution >= 0.6 is 15.9 Å². The highest BCUT2D eigenvalue weighted by Gasteiger charge is 2.07. The van der Waals surface area contributed by atoms with Crippen molar-refractivity contribution < 1.29 is 4.79 Å². The van der Waals surface area contributed by atoms with E-state index in [1.807, 2.05) is 6.92 Å². The minimum absolute atomic E-state index is 0.179. The molecule has 16 heavy (non-hydrogen) atoms. The molecule has 0 saturated carbocycles. The van der Waals surface area contributed by atoms with Gasteiger partial charge in [-0.15, -0.1) is 0 Å². The molecule has 0 aliphatic heterocycles. The molecule has 0 fully saturated rings. The number of pyridine rings is 1. The second-order valence-corrected chi connectivity index (χ2v) is 4.48. The van der Waals surface area contributed by atoms with Gasteiger partial charge < -0.3 is 9.88 Å². The van der Waals surface area contributed by atoms with Crippen LogP contribution in [0.2, 0.25) is 0 Å². The Kier molecular flexibility index (Phi) is 4.73. The van der Waals surface area contributed by atoms with E-state index < -0.39 is 0 Å². The van der Waals surface area contributed by atoms with Gasteiger partial charge in [-0.3, -0.25) is 9.59 Å². The molecule has 1 N–H and O–H groups in total. The summed E-state index contributed by atoms with van der Waals surface area (Å²) in [6, 6.07) is 2.98. The predicted molar refractivity (Wildman–Crippen MR) is 67.0 cm³/mol. The van der Waals surface area contributed by atoms with Crippen molar-refractivity contribution >= 4 is 21.8 Å². The molecule has 5 heteroatoms. The third-order valence-corrected chi connectivity index (χ3v) is 3.35. The second-order valence-electron chi connectivity index (χ2n) is 3.83. The number of amides is 1. The summed E-state index contributed by atoms with van der Waals surface area (Å²) in [5.41, 5.74) is 0.228. The smallest absolute Gasteiger partial charge is 0.251 e. The fourth-order valence-corrected chi connectivity index (χ4v) is 1.34.